The topological polar surface area (TPSA) is 97.2 Å². The molecule has 0 bridgehead atoms. The first-order chi connectivity index (χ1) is 14.3. The van der Waals surface area contributed by atoms with E-state index in [1.54, 1.807) is 51.4 Å². The van der Waals surface area contributed by atoms with Gasteiger partial charge in [-0.3, -0.25) is 10.1 Å². The van der Waals surface area contributed by atoms with Gasteiger partial charge in [0.25, 0.3) is 5.91 Å². The maximum atomic E-state index is 12.6. The van der Waals surface area contributed by atoms with Crippen molar-refractivity contribution in [1.82, 2.24) is 15.0 Å². The number of rotatable bonds is 5. The van der Waals surface area contributed by atoms with Crippen molar-refractivity contribution in [1.29, 1.82) is 0 Å². The Labute approximate surface area is 177 Å². The molecule has 4 rings (SSSR count). The van der Waals surface area contributed by atoms with Gasteiger partial charge in [0.15, 0.2) is 5.13 Å². The summed E-state index contributed by atoms with van der Waals surface area (Å²) in [6.07, 6.45) is 1.67. The standard InChI is InChI=1S/C22H20N4O3S/c1-22(2,28)15-6-4-13(5-7-15)19(27)26-21-25-17-9-8-16(24-20(17)30-21)14-10-11-23-18(12-14)29-3/h4-12,28H,1-3H3,(H,25,26,27). The van der Waals surface area contributed by atoms with Crippen LogP contribution in [0.15, 0.2) is 54.7 Å². The Morgan fingerprint density at radius 2 is 1.87 bits per heavy atom. The van der Waals surface area contributed by atoms with E-state index in [1.165, 1.54) is 11.3 Å². The molecule has 0 aliphatic rings. The first kappa shape index (κ1) is 19.9. The molecular weight excluding hydrogens is 400 g/mol. The number of aliphatic hydroxyl groups is 1. The zero-order valence-corrected chi connectivity index (χ0v) is 17.5. The van der Waals surface area contributed by atoms with Crippen LogP contribution >= 0.6 is 11.3 Å². The third kappa shape index (κ3) is 4.14. The number of amides is 1. The largest absolute Gasteiger partial charge is 0.481 e. The second kappa shape index (κ2) is 7.81. The third-order valence-corrected chi connectivity index (χ3v) is 5.45. The predicted molar refractivity (Wildman–Crippen MR) is 117 cm³/mol. The molecule has 3 aromatic heterocycles. The molecule has 0 saturated carbocycles. The number of anilines is 1. The molecular formula is C22H20N4O3S. The van der Waals surface area contributed by atoms with Gasteiger partial charge in [0.2, 0.25) is 5.88 Å². The number of nitrogens with zero attached hydrogens (tertiary/aromatic N) is 3. The van der Waals surface area contributed by atoms with Gasteiger partial charge in [-0.1, -0.05) is 23.5 Å². The fourth-order valence-electron chi connectivity index (χ4n) is 2.91. The molecule has 4 aromatic rings. The molecule has 0 aliphatic heterocycles. The van der Waals surface area contributed by atoms with E-state index in [2.05, 4.69) is 20.3 Å². The SMILES string of the molecule is COc1cc(-c2ccc3nc(NC(=O)c4ccc(C(C)(C)O)cc4)sc3n2)ccn1. The van der Waals surface area contributed by atoms with Crippen LogP contribution in [0, 0.1) is 0 Å². The summed E-state index contributed by atoms with van der Waals surface area (Å²) in [7, 11) is 1.57. The number of hydrogen-bond acceptors (Lipinski definition) is 7. The van der Waals surface area contributed by atoms with Crippen LogP contribution in [-0.4, -0.2) is 33.1 Å². The summed E-state index contributed by atoms with van der Waals surface area (Å²) in [5, 5.41) is 13.3. The van der Waals surface area contributed by atoms with Crippen LogP contribution in [0.1, 0.15) is 29.8 Å². The minimum absolute atomic E-state index is 0.268. The van der Waals surface area contributed by atoms with Gasteiger partial charge in [0.05, 0.1) is 18.4 Å². The van der Waals surface area contributed by atoms with E-state index in [4.69, 9.17) is 4.74 Å². The lowest BCUT2D eigenvalue weighted by Crippen LogP contribution is -2.16. The third-order valence-electron chi connectivity index (χ3n) is 4.57. The minimum atomic E-state index is -0.954. The maximum Gasteiger partial charge on any atom is 0.257 e. The van der Waals surface area contributed by atoms with Gasteiger partial charge in [-0.05, 0) is 49.7 Å². The number of ether oxygens (including phenoxy) is 1. The lowest BCUT2D eigenvalue weighted by molar-refractivity contribution is 0.0785. The van der Waals surface area contributed by atoms with Crippen LogP contribution in [0.4, 0.5) is 5.13 Å². The van der Waals surface area contributed by atoms with E-state index in [-0.39, 0.29) is 5.91 Å². The van der Waals surface area contributed by atoms with E-state index in [1.807, 2.05) is 24.3 Å². The fraction of sp³-hybridized carbons (Fsp3) is 0.182. The summed E-state index contributed by atoms with van der Waals surface area (Å²) in [5.74, 6) is 0.248. The fourth-order valence-corrected chi connectivity index (χ4v) is 3.74. The van der Waals surface area contributed by atoms with E-state index >= 15 is 0 Å². The number of thiazole rings is 1. The minimum Gasteiger partial charge on any atom is -0.481 e. The van der Waals surface area contributed by atoms with Crippen molar-refractivity contribution >= 4 is 32.7 Å². The molecule has 30 heavy (non-hydrogen) atoms. The number of aromatic nitrogens is 3. The van der Waals surface area contributed by atoms with Crippen molar-refractivity contribution in [3.05, 3.63) is 65.9 Å². The molecule has 2 N–H and O–H groups in total. The predicted octanol–water partition coefficient (Wildman–Crippen LogP) is 4.24. The molecule has 152 valence electrons. The van der Waals surface area contributed by atoms with Gasteiger partial charge in [-0.25, -0.2) is 15.0 Å². The highest BCUT2D eigenvalue weighted by Gasteiger charge is 2.17. The first-order valence-electron chi connectivity index (χ1n) is 9.26. The molecule has 0 atom stereocenters. The Bertz CT molecular complexity index is 1210. The summed E-state index contributed by atoms with van der Waals surface area (Å²) in [6.45, 7) is 3.40. The van der Waals surface area contributed by atoms with Crippen molar-refractivity contribution in [3.8, 4) is 17.1 Å². The van der Waals surface area contributed by atoms with Gasteiger partial charge >= 0.3 is 0 Å². The smallest absolute Gasteiger partial charge is 0.257 e. The van der Waals surface area contributed by atoms with Gasteiger partial charge in [0.1, 0.15) is 10.3 Å². The van der Waals surface area contributed by atoms with E-state index in [9.17, 15) is 9.90 Å². The highest BCUT2D eigenvalue weighted by Crippen LogP contribution is 2.29. The summed E-state index contributed by atoms with van der Waals surface area (Å²) in [4.78, 5) is 26.5. The lowest BCUT2D eigenvalue weighted by atomic mass is 9.97. The van der Waals surface area contributed by atoms with Crippen LogP contribution < -0.4 is 10.1 Å². The van der Waals surface area contributed by atoms with Crippen LogP contribution in [-0.2, 0) is 5.60 Å². The monoisotopic (exact) mass is 420 g/mol. The molecule has 0 unspecified atom stereocenters. The van der Waals surface area contributed by atoms with Gasteiger partial charge < -0.3 is 9.84 Å². The van der Waals surface area contributed by atoms with E-state index in [0.29, 0.717) is 22.1 Å². The molecule has 0 fully saturated rings. The van der Waals surface area contributed by atoms with Crippen molar-refractivity contribution in [3.63, 3.8) is 0 Å². The molecule has 1 aromatic carbocycles. The molecule has 0 aliphatic carbocycles. The average Bonchev–Trinajstić information content (AvgIpc) is 3.14. The summed E-state index contributed by atoms with van der Waals surface area (Å²) in [5.41, 5.74) is 2.63. The first-order valence-corrected chi connectivity index (χ1v) is 10.1. The Morgan fingerprint density at radius 3 is 2.57 bits per heavy atom. The molecule has 0 saturated heterocycles. The molecule has 0 radical (unpaired) electrons. The number of pyridine rings is 2. The van der Waals surface area contributed by atoms with Crippen molar-refractivity contribution in [2.75, 3.05) is 12.4 Å². The molecule has 8 heteroatoms. The Morgan fingerprint density at radius 1 is 1.10 bits per heavy atom. The van der Waals surface area contributed by atoms with E-state index in [0.717, 1.165) is 21.7 Å². The Hall–Kier alpha value is -3.36. The van der Waals surface area contributed by atoms with Gasteiger partial charge in [-0.15, -0.1) is 0 Å². The second-order valence-electron chi connectivity index (χ2n) is 7.22. The maximum absolute atomic E-state index is 12.6. The van der Waals surface area contributed by atoms with Gasteiger partial charge in [0, 0.05) is 23.4 Å². The molecule has 0 spiro atoms. The average molecular weight is 420 g/mol. The van der Waals surface area contributed by atoms with Crippen LogP contribution in [0.25, 0.3) is 21.6 Å². The zero-order chi connectivity index (χ0) is 21.3. The van der Waals surface area contributed by atoms with Crippen molar-refractivity contribution < 1.29 is 14.6 Å². The zero-order valence-electron chi connectivity index (χ0n) is 16.7. The number of carbonyl (C=O) groups is 1. The van der Waals surface area contributed by atoms with Crippen molar-refractivity contribution in [2.24, 2.45) is 0 Å². The van der Waals surface area contributed by atoms with Crippen molar-refractivity contribution in [2.45, 2.75) is 19.4 Å². The number of benzene rings is 1. The lowest BCUT2D eigenvalue weighted by Gasteiger charge is -2.17. The number of hydrogen-bond donors (Lipinski definition) is 2. The Balaban J connectivity index is 1.55. The second-order valence-corrected chi connectivity index (χ2v) is 8.19. The highest BCUT2D eigenvalue weighted by molar-refractivity contribution is 7.22. The summed E-state index contributed by atoms with van der Waals surface area (Å²) < 4.78 is 5.17. The number of carbonyl (C=O) groups excluding carboxylic acids is 1. The van der Waals surface area contributed by atoms with Crippen LogP contribution in [0.5, 0.6) is 5.88 Å². The van der Waals surface area contributed by atoms with Crippen LogP contribution in [0.2, 0.25) is 0 Å². The summed E-state index contributed by atoms with van der Waals surface area (Å²) >= 11 is 1.31. The molecule has 7 nitrogen and oxygen atoms in total. The number of fused-ring (bicyclic) bond motifs is 1. The Kier molecular flexibility index (Phi) is 5.19. The summed E-state index contributed by atoms with van der Waals surface area (Å²) in [6, 6.07) is 14.3. The highest BCUT2D eigenvalue weighted by atomic mass is 32.1. The number of methoxy groups -OCH3 is 1. The normalized spacial score (nSPS) is 11.5. The van der Waals surface area contributed by atoms with Gasteiger partial charge in [-0.2, -0.15) is 0 Å². The molecule has 1 amide bonds. The molecule has 3 heterocycles. The van der Waals surface area contributed by atoms with E-state index < -0.39 is 5.60 Å². The van der Waals surface area contributed by atoms with Crippen LogP contribution in [0.3, 0.4) is 0 Å². The quantitative estimate of drug-likeness (QED) is 0.501. The number of nitrogens with one attached hydrogen (secondary N) is 1.